The summed E-state index contributed by atoms with van der Waals surface area (Å²) in [7, 11) is 0. The number of hydrogen-bond acceptors (Lipinski definition) is 3. The van der Waals surface area contributed by atoms with E-state index in [9.17, 15) is 0 Å². The Morgan fingerprint density at radius 3 is 2.94 bits per heavy atom. The van der Waals surface area contributed by atoms with E-state index in [0.717, 1.165) is 19.5 Å². The Labute approximate surface area is 103 Å². The highest BCUT2D eigenvalue weighted by molar-refractivity contribution is 7.10. The Bertz CT molecular complexity index is 303. The summed E-state index contributed by atoms with van der Waals surface area (Å²) in [4.78, 5) is 4.08. The quantitative estimate of drug-likeness (QED) is 0.766. The van der Waals surface area contributed by atoms with Gasteiger partial charge in [-0.2, -0.15) is 0 Å². The molecule has 0 amide bonds. The van der Waals surface area contributed by atoms with Crippen molar-refractivity contribution in [3.05, 3.63) is 21.9 Å². The van der Waals surface area contributed by atoms with Gasteiger partial charge in [0.2, 0.25) is 0 Å². The van der Waals surface area contributed by atoms with Crippen molar-refractivity contribution in [1.29, 1.82) is 0 Å². The van der Waals surface area contributed by atoms with Gasteiger partial charge >= 0.3 is 0 Å². The molecular weight excluding hydrogens is 216 g/mol. The van der Waals surface area contributed by atoms with E-state index in [4.69, 9.17) is 0 Å². The number of nitrogens with one attached hydrogen (secondary N) is 1. The first-order chi connectivity index (χ1) is 7.90. The summed E-state index contributed by atoms with van der Waals surface area (Å²) in [6.45, 7) is 8.24. The standard InChI is InChI=1S/C13H22N2S/c1-2-12-5-10-16-13(12)11-14-6-9-15-7-3-4-8-15/h5,10,14H,2-4,6-9,11H2,1H3. The fraction of sp³-hybridized carbons (Fsp3) is 0.692. The first kappa shape index (κ1) is 12.1. The van der Waals surface area contributed by atoms with Crippen molar-refractivity contribution in [2.75, 3.05) is 26.2 Å². The maximum absolute atomic E-state index is 3.56. The molecule has 0 saturated carbocycles. The molecule has 0 bridgehead atoms. The second-order valence-corrected chi connectivity index (χ2v) is 5.45. The molecule has 1 aromatic rings. The first-order valence-electron chi connectivity index (χ1n) is 6.38. The normalized spacial score (nSPS) is 17.1. The first-order valence-corrected chi connectivity index (χ1v) is 7.26. The third-order valence-corrected chi connectivity index (χ3v) is 4.27. The number of rotatable bonds is 6. The maximum atomic E-state index is 3.56. The van der Waals surface area contributed by atoms with Crippen LogP contribution in [0.25, 0.3) is 0 Å². The van der Waals surface area contributed by atoms with Crippen molar-refractivity contribution in [3.63, 3.8) is 0 Å². The minimum atomic E-state index is 1.05. The van der Waals surface area contributed by atoms with Crippen molar-refractivity contribution < 1.29 is 0 Å². The number of likely N-dealkylation sites (tertiary alicyclic amines) is 1. The molecule has 0 atom stereocenters. The second-order valence-electron chi connectivity index (χ2n) is 4.45. The predicted molar refractivity (Wildman–Crippen MR) is 71.1 cm³/mol. The maximum Gasteiger partial charge on any atom is 0.0303 e. The van der Waals surface area contributed by atoms with E-state index in [0.29, 0.717) is 0 Å². The van der Waals surface area contributed by atoms with Crippen LogP contribution in [0.3, 0.4) is 0 Å². The van der Waals surface area contributed by atoms with Crippen LogP contribution >= 0.6 is 11.3 Å². The molecule has 16 heavy (non-hydrogen) atoms. The SMILES string of the molecule is CCc1ccsc1CNCCN1CCCC1. The molecule has 2 nitrogen and oxygen atoms in total. The molecule has 1 aliphatic rings. The van der Waals surface area contributed by atoms with Gasteiger partial charge < -0.3 is 10.2 Å². The molecule has 1 aliphatic heterocycles. The summed E-state index contributed by atoms with van der Waals surface area (Å²) in [6.07, 6.45) is 3.95. The molecule has 90 valence electrons. The molecule has 0 spiro atoms. The van der Waals surface area contributed by atoms with Gasteiger partial charge in [0, 0.05) is 24.5 Å². The smallest absolute Gasteiger partial charge is 0.0303 e. The summed E-state index contributed by atoms with van der Waals surface area (Å²) in [5.41, 5.74) is 1.51. The molecular formula is C13H22N2S. The molecule has 1 saturated heterocycles. The van der Waals surface area contributed by atoms with Crippen LogP contribution in [0.5, 0.6) is 0 Å². The Hall–Kier alpha value is -0.380. The number of nitrogens with zero attached hydrogens (tertiary/aromatic N) is 1. The lowest BCUT2D eigenvalue weighted by atomic mass is 10.2. The predicted octanol–water partition coefficient (Wildman–Crippen LogP) is 2.50. The van der Waals surface area contributed by atoms with E-state index < -0.39 is 0 Å². The van der Waals surface area contributed by atoms with Crippen molar-refractivity contribution in [3.8, 4) is 0 Å². The summed E-state index contributed by atoms with van der Waals surface area (Å²) in [6, 6.07) is 2.25. The van der Waals surface area contributed by atoms with Gasteiger partial charge in [-0.1, -0.05) is 6.92 Å². The van der Waals surface area contributed by atoms with Gasteiger partial charge in [-0.3, -0.25) is 0 Å². The van der Waals surface area contributed by atoms with Crippen LogP contribution in [-0.4, -0.2) is 31.1 Å². The number of aryl methyl sites for hydroxylation is 1. The van der Waals surface area contributed by atoms with E-state index in [2.05, 4.69) is 28.6 Å². The third-order valence-electron chi connectivity index (χ3n) is 3.31. The summed E-state index contributed by atoms with van der Waals surface area (Å²) in [5, 5.41) is 5.76. The Kier molecular flexibility index (Phi) is 4.82. The molecule has 0 aliphatic carbocycles. The zero-order chi connectivity index (χ0) is 11.2. The van der Waals surface area contributed by atoms with Crippen LogP contribution < -0.4 is 5.32 Å². The van der Waals surface area contributed by atoms with Gasteiger partial charge in [0.15, 0.2) is 0 Å². The lowest BCUT2D eigenvalue weighted by Gasteiger charge is -2.14. The summed E-state index contributed by atoms with van der Waals surface area (Å²) in [5.74, 6) is 0. The van der Waals surface area contributed by atoms with Crippen LogP contribution in [0.1, 0.15) is 30.2 Å². The Morgan fingerprint density at radius 1 is 1.38 bits per heavy atom. The molecule has 1 fully saturated rings. The highest BCUT2D eigenvalue weighted by Gasteiger charge is 2.10. The lowest BCUT2D eigenvalue weighted by molar-refractivity contribution is 0.336. The Morgan fingerprint density at radius 2 is 2.19 bits per heavy atom. The van der Waals surface area contributed by atoms with E-state index in [1.54, 1.807) is 0 Å². The molecule has 0 aromatic carbocycles. The van der Waals surface area contributed by atoms with Crippen LogP contribution in [-0.2, 0) is 13.0 Å². The van der Waals surface area contributed by atoms with E-state index in [1.165, 1.54) is 42.9 Å². The monoisotopic (exact) mass is 238 g/mol. The molecule has 1 aromatic heterocycles. The molecule has 0 unspecified atom stereocenters. The zero-order valence-electron chi connectivity index (χ0n) is 10.2. The minimum absolute atomic E-state index is 1.05. The van der Waals surface area contributed by atoms with Crippen LogP contribution in [0.4, 0.5) is 0 Å². The highest BCUT2D eigenvalue weighted by atomic mass is 32.1. The van der Waals surface area contributed by atoms with Crippen molar-refractivity contribution in [2.24, 2.45) is 0 Å². The van der Waals surface area contributed by atoms with E-state index >= 15 is 0 Å². The molecule has 0 radical (unpaired) electrons. The van der Waals surface area contributed by atoms with Crippen LogP contribution in [0.2, 0.25) is 0 Å². The molecule has 3 heteroatoms. The van der Waals surface area contributed by atoms with E-state index in [1.807, 2.05) is 11.3 Å². The number of hydrogen-bond donors (Lipinski definition) is 1. The van der Waals surface area contributed by atoms with Crippen LogP contribution in [0.15, 0.2) is 11.4 Å². The fourth-order valence-corrected chi connectivity index (χ4v) is 3.23. The fourth-order valence-electron chi connectivity index (χ4n) is 2.28. The topological polar surface area (TPSA) is 15.3 Å². The second kappa shape index (κ2) is 6.38. The van der Waals surface area contributed by atoms with Gasteiger partial charge in [0.1, 0.15) is 0 Å². The average Bonchev–Trinajstić information content (AvgIpc) is 2.95. The van der Waals surface area contributed by atoms with Crippen LogP contribution in [0, 0.1) is 0 Å². The van der Waals surface area contributed by atoms with Crippen molar-refractivity contribution in [1.82, 2.24) is 10.2 Å². The minimum Gasteiger partial charge on any atom is -0.311 e. The molecule has 2 rings (SSSR count). The average molecular weight is 238 g/mol. The lowest BCUT2D eigenvalue weighted by Crippen LogP contribution is -2.29. The summed E-state index contributed by atoms with van der Waals surface area (Å²) < 4.78 is 0. The largest absolute Gasteiger partial charge is 0.311 e. The summed E-state index contributed by atoms with van der Waals surface area (Å²) >= 11 is 1.88. The third kappa shape index (κ3) is 3.30. The van der Waals surface area contributed by atoms with Gasteiger partial charge in [-0.25, -0.2) is 0 Å². The van der Waals surface area contributed by atoms with Gasteiger partial charge in [0.05, 0.1) is 0 Å². The van der Waals surface area contributed by atoms with Crippen molar-refractivity contribution >= 4 is 11.3 Å². The van der Waals surface area contributed by atoms with E-state index in [-0.39, 0.29) is 0 Å². The Balaban J connectivity index is 1.64. The molecule has 2 heterocycles. The highest BCUT2D eigenvalue weighted by Crippen LogP contribution is 2.16. The molecule has 1 N–H and O–H groups in total. The number of thiophene rings is 1. The zero-order valence-corrected chi connectivity index (χ0v) is 11.0. The van der Waals surface area contributed by atoms with Gasteiger partial charge in [-0.15, -0.1) is 11.3 Å². The van der Waals surface area contributed by atoms with Gasteiger partial charge in [-0.05, 0) is 49.4 Å². The van der Waals surface area contributed by atoms with Crippen molar-refractivity contribution in [2.45, 2.75) is 32.7 Å². The van der Waals surface area contributed by atoms with Gasteiger partial charge in [0.25, 0.3) is 0 Å².